The summed E-state index contributed by atoms with van der Waals surface area (Å²) in [5, 5.41) is 11.9. The molecule has 4 nitrogen and oxygen atoms in total. The average molecular weight is 316 g/mol. The van der Waals surface area contributed by atoms with Crippen LogP contribution in [0.5, 0.6) is 0 Å². The number of halogens is 1. The summed E-state index contributed by atoms with van der Waals surface area (Å²) in [6.07, 6.45) is 0. The van der Waals surface area contributed by atoms with Crippen LogP contribution < -0.4 is 4.90 Å². The molecule has 1 aromatic carbocycles. The highest BCUT2D eigenvalue weighted by Gasteiger charge is 2.20. The van der Waals surface area contributed by atoms with Crippen molar-refractivity contribution in [3.8, 4) is 6.07 Å². The number of piperazine rings is 1. The number of hydrogen-bond acceptors (Lipinski definition) is 5. The maximum absolute atomic E-state index is 13.9. The molecular weight excluding hydrogens is 299 g/mol. The van der Waals surface area contributed by atoms with Crippen molar-refractivity contribution in [1.82, 2.24) is 9.88 Å². The molecule has 0 saturated carbocycles. The Morgan fingerprint density at radius 3 is 2.68 bits per heavy atom. The number of rotatable bonds is 3. The molecule has 0 unspecified atom stereocenters. The molecule has 2 heterocycles. The van der Waals surface area contributed by atoms with Gasteiger partial charge in [-0.3, -0.25) is 4.90 Å². The second kappa shape index (κ2) is 6.42. The molecule has 1 aliphatic heterocycles. The highest BCUT2D eigenvalue weighted by Crippen LogP contribution is 2.22. The van der Waals surface area contributed by atoms with Gasteiger partial charge in [0.15, 0.2) is 5.13 Å². The average Bonchev–Trinajstić information content (AvgIpc) is 2.96. The molecule has 1 fully saturated rings. The summed E-state index contributed by atoms with van der Waals surface area (Å²) in [7, 11) is 0. The largest absolute Gasteiger partial charge is 0.346 e. The van der Waals surface area contributed by atoms with Gasteiger partial charge in [-0.1, -0.05) is 6.07 Å². The number of aromatic nitrogens is 1. The first kappa shape index (κ1) is 14.9. The monoisotopic (exact) mass is 316 g/mol. The van der Waals surface area contributed by atoms with E-state index in [0.717, 1.165) is 37.0 Å². The third-order valence-corrected chi connectivity index (χ3v) is 4.85. The Bertz CT molecular complexity index is 698. The Hall–Kier alpha value is -1.97. The molecule has 22 heavy (non-hydrogen) atoms. The number of thiazole rings is 1. The van der Waals surface area contributed by atoms with Gasteiger partial charge >= 0.3 is 0 Å². The van der Waals surface area contributed by atoms with E-state index in [9.17, 15) is 4.39 Å². The van der Waals surface area contributed by atoms with Crippen LogP contribution in [0.15, 0.2) is 23.6 Å². The van der Waals surface area contributed by atoms with E-state index in [1.54, 1.807) is 23.5 Å². The maximum Gasteiger partial charge on any atom is 0.185 e. The Labute approximate surface area is 133 Å². The third kappa shape index (κ3) is 3.26. The minimum Gasteiger partial charge on any atom is -0.346 e. The van der Waals surface area contributed by atoms with E-state index in [-0.39, 0.29) is 5.82 Å². The summed E-state index contributed by atoms with van der Waals surface area (Å²) in [4.78, 5) is 9.03. The molecule has 0 atom stereocenters. The Morgan fingerprint density at radius 2 is 2.09 bits per heavy atom. The molecular formula is C16H17FN4S. The lowest BCUT2D eigenvalue weighted by Crippen LogP contribution is -2.46. The maximum atomic E-state index is 13.9. The predicted molar refractivity (Wildman–Crippen MR) is 85.5 cm³/mol. The van der Waals surface area contributed by atoms with Crippen LogP contribution in [0.3, 0.4) is 0 Å². The molecule has 1 aliphatic rings. The fraction of sp³-hybridized carbons (Fsp3) is 0.375. The molecule has 1 saturated heterocycles. The summed E-state index contributed by atoms with van der Waals surface area (Å²) in [5.41, 5.74) is 2.07. The molecule has 1 aromatic heterocycles. The van der Waals surface area contributed by atoms with Crippen LogP contribution in [0.1, 0.15) is 16.8 Å². The van der Waals surface area contributed by atoms with Crippen LogP contribution in [0.2, 0.25) is 0 Å². The van der Waals surface area contributed by atoms with Crippen LogP contribution in [-0.2, 0) is 6.54 Å². The Kier molecular flexibility index (Phi) is 4.36. The number of anilines is 1. The summed E-state index contributed by atoms with van der Waals surface area (Å²) >= 11 is 1.67. The van der Waals surface area contributed by atoms with Crippen molar-refractivity contribution in [1.29, 1.82) is 5.26 Å². The smallest absolute Gasteiger partial charge is 0.185 e. The molecule has 6 heteroatoms. The van der Waals surface area contributed by atoms with Crippen molar-refractivity contribution in [2.45, 2.75) is 13.5 Å². The van der Waals surface area contributed by atoms with E-state index in [1.165, 1.54) is 6.07 Å². The van der Waals surface area contributed by atoms with Crippen LogP contribution in [-0.4, -0.2) is 36.1 Å². The first-order valence-electron chi connectivity index (χ1n) is 7.23. The van der Waals surface area contributed by atoms with Gasteiger partial charge in [0.2, 0.25) is 0 Å². The van der Waals surface area contributed by atoms with Gasteiger partial charge < -0.3 is 4.90 Å². The van der Waals surface area contributed by atoms with Gasteiger partial charge in [0.05, 0.1) is 17.3 Å². The van der Waals surface area contributed by atoms with Gasteiger partial charge in [-0.05, 0) is 19.1 Å². The fourth-order valence-electron chi connectivity index (χ4n) is 2.57. The van der Waals surface area contributed by atoms with Crippen LogP contribution in [0.25, 0.3) is 0 Å². The minimum atomic E-state index is -0.294. The molecule has 2 aromatic rings. The van der Waals surface area contributed by atoms with Crippen molar-refractivity contribution in [3.05, 3.63) is 46.2 Å². The van der Waals surface area contributed by atoms with Gasteiger partial charge in [-0.15, -0.1) is 11.3 Å². The molecule has 0 N–H and O–H groups in total. The molecule has 0 amide bonds. The number of benzene rings is 1. The minimum absolute atomic E-state index is 0.294. The van der Waals surface area contributed by atoms with Crippen molar-refractivity contribution < 1.29 is 4.39 Å². The first-order chi connectivity index (χ1) is 10.7. The lowest BCUT2D eigenvalue weighted by molar-refractivity contribution is 0.246. The van der Waals surface area contributed by atoms with Crippen molar-refractivity contribution in [2.24, 2.45) is 0 Å². The van der Waals surface area contributed by atoms with Gasteiger partial charge in [0, 0.05) is 43.7 Å². The zero-order valence-corrected chi connectivity index (χ0v) is 13.2. The second-order valence-electron chi connectivity index (χ2n) is 5.45. The third-order valence-electron chi connectivity index (χ3n) is 3.83. The van der Waals surface area contributed by atoms with Gasteiger partial charge in [0.1, 0.15) is 5.82 Å². The topological polar surface area (TPSA) is 43.2 Å². The Balaban J connectivity index is 1.59. The number of nitrogens with zero attached hydrogens (tertiary/aromatic N) is 4. The van der Waals surface area contributed by atoms with Gasteiger partial charge in [-0.25, -0.2) is 9.37 Å². The summed E-state index contributed by atoms with van der Waals surface area (Å²) in [5.74, 6) is -0.294. The van der Waals surface area contributed by atoms with Crippen LogP contribution >= 0.6 is 11.3 Å². The van der Waals surface area contributed by atoms with Crippen molar-refractivity contribution >= 4 is 16.5 Å². The van der Waals surface area contributed by atoms with Gasteiger partial charge in [0.25, 0.3) is 0 Å². The fourth-order valence-corrected chi connectivity index (χ4v) is 3.43. The van der Waals surface area contributed by atoms with Gasteiger partial charge in [-0.2, -0.15) is 5.26 Å². The van der Waals surface area contributed by atoms with E-state index in [2.05, 4.69) is 20.2 Å². The lowest BCUT2D eigenvalue weighted by Gasteiger charge is -2.34. The highest BCUT2D eigenvalue weighted by atomic mass is 32.1. The quantitative estimate of drug-likeness (QED) is 0.873. The lowest BCUT2D eigenvalue weighted by atomic mass is 10.1. The molecule has 0 spiro atoms. The van der Waals surface area contributed by atoms with E-state index in [1.807, 2.05) is 13.0 Å². The second-order valence-corrected chi connectivity index (χ2v) is 6.29. The molecule has 0 aliphatic carbocycles. The van der Waals surface area contributed by atoms with Crippen molar-refractivity contribution in [3.63, 3.8) is 0 Å². The number of nitriles is 1. The zero-order valence-electron chi connectivity index (χ0n) is 12.4. The molecule has 0 radical (unpaired) electrons. The molecule has 3 rings (SSSR count). The van der Waals surface area contributed by atoms with Crippen LogP contribution in [0.4, 0.5) is 9.52 Å². The van der Waals surface area contributed by atoms with E-state index in [0.29, 0.717) is 17.7 Å². The summed E-state index contributed by atoms with van der Waals surface area (Å²) in [6, 6.07) is 6.65. The number of hydrogen-bond donors (Lipinski definition) is 0. The Morgan fingerprint density at radius 1 is 1.32 bits per heavy atom. The van der Waals surface area contributed by atoms with Crippen LogP contribution in [0, 0.1) is 24.1 Å². The standard InChI is InChI=1S/C16H17FN4S/c1-12-11-22-16(19-12)21-6-4-20(5-7-21)10-14-3-2-13(9-18)8-15(14)17/h2-3,8,11H,4-7,10H2,1H3. The predicted octanol–water partition coefficient (Wildman–Crippen LogP) is 2.78. The van der Waals surface area contributed by atoms with E-state index in [4.69, 9.17) is 5.26 Å². The van der Waals surface area contributed by atoms with E-state index >= 15 is 0 Å². The normalized spacial score (nSPS) is 15.8. The van der Waals surface area contributed by atoms with E-state index < -0.39 is 0 Å². The molecule has 0 bridgehead atoms. The zero-order chi connectivity index (χ0) is 15.5. The summed E-state index contributed by atoms with van der Waals surface area (Å²) in [6.45, 7) is 6.18. The summed E-state index contributed by atoms with van der Waals surface area (Å²) < 4.78 is 13.9. The SMILES string of the molecule is Cc1csc(N2CCN(Cc3ccc(C#N)cc3F)CC2)n1. The van der Waals surface area contributed by atoms with Crippen molar-refractivity contribution in [2.75, 3.05) is 31.1 Å². The first-order valence-corrected chi connectivity index (χ1v) is 8.11. The highest BCUT2D eigenvalue weighted by molar-refractivity contribution is 7.13. The molecule has 114 valence electrons. The number of aryl methyl sites for hydroxylation is 1.